The highest BCUT2D eigenvalue weighted by molar-refractivity contribution is 5.98. The molecular formula is C27H26N4O3. The normalized spacial score (nSPS) is 15.8. The molecule has 4 aromatic rings. The molecule has 0 amide bonds. The van der Waals surface area contributed by atoms with E-state index in [1.54, 1.807) is 27.5 Å². The number of fused-ring (bicyclic) bond motifs is 2. The van der Waals surface area contributed by atoms with Gasteiger partial charge in [-0.05, 0) is 46.7 Å². The monoisotopic (exact) mass is 454 g/mol. The highest BCUT2D eigenvalue weighted by Crippen LogP contribution is 2.38. The molecule has 1 N–H and O–H groups in total. The lowest BCUT2D eigenvalue weighted by Crippen LogP contribution is -2.46. The van der Waals surface area contributed by atoms with E-state index in [0.717, 1.165) is 47.4 Å². The summed E-state index contributed by atoms with van der Waals surface area (Å²) in [6.45, 7) is 2.38. The molecule has 0 bridgehead atoms. The van der Waals surface area contributed by atoms with Crippen LogP contribution < -0.4 is 24.4 Å². The van der Waals surface area contributed by atoms with Crippen LogP contribution in [0.25, 0.3) is 21.5 Å². The van der Waals surface area contributed by atoms with Crippen molar-refractivity contribution in [2.75, 3.05) is 45.9 Å². The topological polar surface area (TPSA) is 79.6 Å². The lowest BCUT2D eigenvalue weighted by Gasteiger charge is -2.35. The van der Waals surface area contributed by atoms with E-state index in [-0.39, 0.29) is 6.04 Å². The first-order chi connectivity index (χ1) is 16.6. The van der Waals surface area contributed by atoms with Crippen molar-refractivity contribution in [1.82, 2.24) is 10.3 Å². The molecule has 1 saturated heterocycles. The Morgan fingerprint density at radius 3 is 2.41 bits per heavy atom. The minimum atomic E-state index is 0.146. The van der Waals surface area contributed by atoms with Crippen LogP contribution in [0.1, 0.15) is 17.2 Å². The van der Waals surface area contributed by atoms with Crippen molar-refractivity contribution < 1.29 is 14.2 Å². The van der Waals surface area contributed by atoms with E-state index in [0.29, 0.717) is 17.1 Å². The van der Waals surface area contributed by atoms with E-state index in [9.17, 15) is 5.26 Å². The van der Waals surface area contributed by atoms with Crippen LogP contribution in [0.5, 0.6) is 17.2 Å². The van der Waals surface area contributed by atoms with Gasteiger partial charge in [0.2, 0.25) is 0 Å². The first-order valence-corrected chi connectivity index (χ1v) is 11.2. The molecule has 7 heteroatoms. The summed E-state index contributed by atoms with van der Waals surface area (Å²) in [5.74, 6) is 2.90. The van der Waals surface area contributed by atoms with Gasteiger partial charge in [-0.15, -0.1) is 0 Å². The van der Waals surface area contributed by atoms with E-state index in [1.165, 1.54) is 10.9 Å². The number of nitrogens with zero attached hydrogens (tertiary/aromatic N) is 3. The van der Waals surface area contributed by atoms with Crippen LogP contribution in [0.4, 0.5) is 5.82 Å². The number of piperazine rings is 1. The molecule has 0 aliphatic carbocycles. The minimum Gasteiger partial charge on any atom is -0.497 e. The summed E-state index contributed by atoms with van der Waals surface area (Å²) in [5, 5.41) is 17.3. The molecule has 7 nitrogen and oxygen atoms in total. The quantitative estimate of drug-likeness (QED) is 0.478. The molecule has 1 aliphatic heterocycles. The number of rotatable bonds is 5. The van der Waals surface area contributed by atoms with Crippen LogP contribution in [0.3, 0.4) is 0 Å². The largest absolute Gasteiger partial charge is 0.497 e. The predicted molar refractivity (Wildman–Crippen MR) is 133 cm³/mol. The molecule has 3 aromatic carbocycles. The van der Waals surface area contributed by atoms with Gasteiger partial charge in [0.25, 0.3) is 0 Å². The van der Waals surface area contributed by atoms with E-state index < -0.39 is 0 Å². The number of nitriles is 1. The second-order valence-electron chi connectivity index (χ2n) is 8.29. The first kappa shape index (κ1) is 21.8. The van der Waals surface area contributed by atoms with Crippen LogP contribution in [0.2, 0.25) is 0 Å². The van der Waals surface area contributed by atoms with Gasteiger partial charge in [-0.3, -0.25) is 0 Å². The van der Waals surface area contributed by atoms with Crippen LogP contribution in [-0.4, -0.2) is 45.9 Å². The molecule has 0 radical (unpaired) electrons. The standard InChI is InChI=1S/C27H26N4O3/c1-32-21-7-6-17-10-19(5-4-18(17)11-21)24-16-31(9-8-29-24)27-23-13-26(34-3)25(33-2)12-22(23)20(14-28)15-30-27/h4-7,10-13,15,24,29H,8-9,16H2,1-3H3. The number of benzene rings is 3. The van der Waals surface area contributed by atoms with Gasteiger partial charge in [-0.2, -0.15) is 5.26 Å². The van der Waals surface area contributed by atoms with Crippen molar-refractivity contribution in [1.29, 1.82) is 5.26 Å². The van der Waals surface area contributed by atoms with Gasteiger partial charge in [-0.1, -0.05) is 18.2 Å². The highest BCUT2D eigenvalue weighted by Gasteiger charge is 2.24. The summed E-state index contributed by atoms with van der Waals surface area (Å²) in [5.41, 5.74) is 1.73. The van der Waals surface area contributed by atoms with Crippen molar-refractivity contribution in [3.05, 3.63) is 65.9 Å². The molecule has 0 spiro atoms. The first-order valence-electron chi connectivity index (χ1n) is 11.2. The third kappa shape index (κ3) is 3.82. The van der Waals surface area contributed by atoms with Crippen LogP contribution in [-0.2, 0) is 0 Å². The van der Waals surface area contributed by atoms with Gasteiger partial charge in [0.05, 0.1) is 26.9 Å². The molecule has 1 unspecified atom stereocenters. The molecule has 0 saturated carbocycles. The Bertz CT molecular complexity index is 1410. The number of pyridine rings is 1. The summed E-state index contributed by atoms with van der Waals surface area (Å²) in [7, 11) is 4.89. The lowest BCUT2D eigenvalue weighted by atomic mass is 9.99. The van der Waals surface area contributed by atoms with Crippen LogP contribution >= 0.6 is 0 Å². The van der Waals surface area contributed by atoms with Crippen LogP contribution in [0, 0.1) is 11.3 Å². The summed E-state index contributed by atoms with van der Waals surface area (Å²) < 4.78 is 16.4. The van der Waals surface area contributed by atoms with Crippen LogP contribution in [0.15, 0.2) is 54.7 Å². The maximum atomic E-state index is 9.64. The number of hydrogen-bond donors (Lipinski definition) is 1. The fourth-order valence-corrected chi connectivity index (χ4v) is 4.64. The Kier molecular flexibility index (Phi) is 5.83. The fraction of sp³-hybridized carbons (Fsp3) is 0.259. The summed E-state index contributed by atoms with van der Waals surface area (Å²) >= 11 is 0. The van der Waals surface area contributed by atoms with Gasteiger partial charge in [-0.25, -0.2) is 4.98 Å². The van der Waals surface area contributed by atoms with E-state index in [4.69, 9.17) is 19.2 Å². The lowest BCUT2D eigenvalue weighted by molar-refractivity contribution is 0.356. The summed E-state index contributed by atoms with van der Waals surface area (Å²) in [6.07, 6.45) is 1.64. The summed E-state index contributed by atoms with van der Waals surface area (Å²) in [4.78, 5) is 6.97. The predicted octanol–water partition coefficient (Wildman–Crippen LogP) is 4.44. The second kappa shape index (κ2) is 9.08. The third-order valence-corrected chi connectivity index (χ3v) is 6.44. The van der Waals surface area contributed by atoms with Gasteiger partial charge >= 0.3 is 0 Å². The number of nitrogens with one attached hydrogen (secondary N) is 1. The molecule has 1 aromatic heterocycles. The molecule has 172 valence electrons. The van der Waals surface area contributed by atoms with Gasteiger partial charge in [0.15, 0.2) is 11.5 Å². The number of methoxy groups -OCH3 is 3. The third-order valence-electron chi connectivity index (χ3n) is 6.44. The molecule has 1 fully saturated rings. The Hall–Kier alpha value is -4.02. The number of ether oxygens (including phenoxy) is 3. The molecule has 34 heavy (non-hydrogen) atoms. The average molecular weight is 455 g/mol. The molecule has 2 heterocycles. The Morgan fingerprint density at radius 2 is 1.68 bits per heavy atom. The Balaban J connectivity index is 1.52. The van der Waals surface area contributed by atoms with Gasteiger partial charge < -0.3 is 24.4 Å². The zero-order chi connectivity index (χ0) is 23.7. The average Bonchev–Trinajstić information content (AvgIpc) is 2.90. The molecule has 1 aliphatic rings. The highest BCUT2D eigenvalue weighted by atomic mass is 16.5. The van der Waals surface area contributed by atoms with Crippen molar-refractivity contribution in [2.24, 2.45) is 0 Å². The molecular weight excluding hydrogens is 428 g/mol. The van der Waals surface area contributed by atoms with E-state index >= 15 is 0 Å². The maximum absolute atomic E-state index is 9.64. The van der Waals surface area contributed by atoms with Gasteiger partial charge in [0.1, 0.15) is 17.6 Å². The summed E-state index contributed by atoms with van der Waals surface area (Å²) in [6, 6.07) is 18.8. The Labute approximate surface area is 198 Å². The van der Waals surface area contributed by atoms with Crippen molar-refractivity contribution in [3.63, 3.8) is 0 Å². The number of aromatic nitrogens is 1. The zero-order valence-electron chi connectivity index (χ0n) is 19.5. The van der Waals surface area contributed by atoms with Crippen molar-refractivity contribution in [3.8, 4) is 23.3 Å². The van der Waals surface area contributed by atoms with E-state index in [1.807, 2.05) is 24.3 Å². The molecule has 5 rings (SSSR count). The van der Waals surface area contributed by atoms with Crippen molar-refractivity contribution in [2.45, 2.75) is 6.04 Å². The number of anilines is 1. The molecule has 1 atom stereocenters. The smallest absolute Gasteiger partial charge is 0.161 e. The zero-order valence-corrected chi connectivity index (χ0v) is 19.5. The minimum absolute atomic E-state index is 0.146. The second-order valence-corrected chi connectivity index (χ2v) is 8.29. The van der Waals surface area contributed by atoms with E-state index in [2.05, 4.69) is 40.6 Å². The number of hydrogen-bond acceptors (Lipinski definition) is 7. The van der Waals surface area contributed by atoms with Crippen molar-refractivity contribution >= 4 is 27.4 Å². The Morgan fingerprint density at radius 1 is 0.941 bits per heavy atom. The fourth-order valence-electron chi connectivity index (χ4n) is 4.64. The van der Waals surface area contributed by atoms with Gasteiger partial charge in [0, 0.05) is 42.6 Å². The SMILES string of the molecule is COc1ccc2cc(C3CN(c4ncc(C#N)c5cc(OC)c(OC)cc45)CCN3)ccc2c1. The maximum Gasteiger partial charge on any atom is 0.161 e.